The monoisotopic (exact) mass is 275 g/mol. The molecule has 0 N–H and O–H groups in total. The molecule has 20 heavy (non-hydrogen) atoms. The molecule has 1 fully saturated rings. The Morgan fingerprint density at radius 3 is 2.35 bits per heavy atom. The molecular formula is C17H25NO2. The van der Waals surface area contributed by atoms with Crippen LogP contribution >= 0.6 is 0 Å². The molecule has 110 valence electrons. The van der Waals surface area contributed by atoms with E-state index in [0.717, 1.165) is 42.6 Å². The first kappa shape index (κ1) is 15.2. The molecule has 1 aromatic rings. The van der Waals surface area contributed by atoms with Crippen LogP contribution in [0, 0.1) is 20.8 Å². The van der Waals surface area contributed by atoms with Crippen molar-refractivity contribution in [3.8, 4) is 0 Å². The lowest BCUT2D eigenvalue weighted by Crippen LogP contribution is -2.45. The van der Waals surface area contributed by atoms with E-state index in [9.17, 15) is 4.79 Å². The number of aryl methyl sites for hydroxylation is 2. The minimum atomic E-state index is 0.273. The summed E-state index contributed by atoms with van der Waals surface area (Å²) >= 11 is 0. The van der Waals surface area contributed by atoms with Crippen molar-refractivity contribution in [2.45, 2.75) is 53.4 Å². The quantitative estimate of drug-likeness (QED) is 0.794. The van der Waals surface area contributed by atoms with Crippen molar-refractivity contribution in [3.05, 3.63) is 33.9 Å². The maximum absolute atomic E-state index is 11.3. The first-order chi connectivity index (χ1) is 9.42. The van der Waals surface area contributed by atoms with Crippen molar-refractivity contribution in [2.24, 2.45) is 0 Å². The average molecular weight is 275 g/mol. The molecule has 3 nitrogen and oxygen atoms in total. The standard InChI is InChI=1S/C17H25NO2/c1-11-6-12(2)17(10-19)15(5)16(11)9-18-7-13(3)20-14(4)8-18/h6,10,13-14H,7-9H2,1-5H3/t13-,14+. The van der Waals surface area contributed by atoms with Gasteiger partial charge in [-0.2, -0.15) is 0 Å². The highest BCUT2D eigenvalue weighted by atomic mass is 16.5. The van der Waals surface area contributed by atoms with E-state index in [4.69, 9.17) is 4.74 Å². The zero-order valence-electron chi connectivity index (χ0n) is 13.2. The van der Waals surface area contributed by atoms with Gasteiger partial charge < -0.3 is 4.74 Å². The summed E-state index contributed by atoms with van der Waals surface area (Å²) in [6.07, 6.45) is 1.53. The highest BCUT2D eigenvalue weighted by molar-refractivity contribution is 5.80. The number of hydrogen-bond acceptors (Lipinski definition) is 3. The number of rotatable bonds is 3. The van der Waals surface area contributed by atoms with Gasteiger partial charge in [0.2, 0.25) is 0 Å². The van der Waals surface area contributed by atoms with Crippen LogP contribution < -0.4 is 0 Å². The van der Waals surface area contributed by atoms with E-state index in [1.54, 1.807) is 0 Å². The maximum Gasteiger partial charge on any atom is 0.150 e. The first-order valence-corrected chi connectivity index (χ1v) is 7.35. The van der Waals surface area contributed by atoms with Gasteiger partial charge in [0.25, 0.3) is 0 Å². The van der Waals surface area contributed by atoms with Crippen LogP contribution in [0.2, 0.25) is 0 Å². The lowest BCUT2D eigenvalue weighted by molar-refractivity contribution is -0.0705. The molecule has 1 aromatic carbocycles. The number of morpholine rings is 1. The zero-order chi connectivity index (χ0) is 14.9. The molecule has 0 saturated carbocycles. The summed E-state index contributed by atoms with van der Waals surface area (Å²) in [5, 5.41) is 0. The number of benzene rings is 1. The van der Waals surface area contributed by atoms with Gasteiger partial charge in [0.15, 0.2) is 6.29 Å². The number of carbonyl (C=O) groups is 1. The fraction of sp³-hybridized carbons (Fsp3) is 0.588. The van der Waals surface area contributed by atoms with Crippen molar-refractivity contribution in [2.75, 3.05) is 13.1 Å². The van der Waals surface area contributed by atoms with Gasteiger partial charge in [-0.15, -0.1) is 0 Å². The highest BCUT2D eigenvalue weighted by Crippen LogP contribution is 2.24. The molecule has 0 aromatic heterocycles. The van der Waals surface area contributed by atoms with E-state index in [1.807, 2.05) is 6.92 Å². The van der Waals surface area contributed by atoms with Crippen LogP contribution in [0.4, 0.5) is 0 Å². The fourth-order valence-electron chi connectivity index (χ4n) is 3.31. The summed E-state index contributed by atoms with van der Waals surface area (Å²) in [6, 6.07) is 2.12. The largest absolute Gasteiger partial charge is 0.373 e. The molecule has 0 unspecified atom stereocenters. The Bertz CT molecular complexity index is 500. The summed E-state index contributed by atoms with van der Waals surface area (Å²) in [5.41, 5.74) is 5.61. The molecule has 3 heteroatoms. The fourth-order valence-corrected chi connectivity index (χ4v) is 3.31. The third kappa shape index (κ3) is 3.10. The number of ether oxygens (including phenoxy) is 1. The Hall–Kier alpha value is -1.19. The number of nitrogens with zero attached hydrogens (tertiary/aromatic N) is 1. The molecule has 0 radical (unpaired) electrons. The van der Waals surface area contributed by atoms with Crippen molar-refractivity contribution >= 4 is 6.29 Å². The van der Waals surface area contributed by atoms with Gasteiger partial charge in [0, 0.05) is 25.2 Å². The Morgan fingerprint density at radius 1 is 1.20 bits per heavy atom. The first-order valence-electron chi connectivity index (χ1n) is 7.35. The van der Waals surface area contributed by atoms with Crippen LogP contribution in [-0.2, 0) is 11.3 Å². The molecule has 1 saturated heterocycles. The Morgan fingerprint density at radius 2 is 1.80 bits per heavy atom. The third-order valence-corrected chi connectivity index (χ3v) is 4.19. The molecule has 1 aliphatic rings. The molecule has 0 spiro atoms. The molecule has 0 bridgehead atoms. The van der Waals surface area contributed by atoms with Crippen LogP contribution in [0.25, 0.3) is 0 Å². The van der Waals surface area contributed by atoms with Gasteiger partial charge in [-0.1, -0.05) is 6.07 Å². The van der Waals surface area contributed by atoms with Crippen molar-refractivity contribution in [1.82, 2.24) is 4.90 Å². The van der Waals surface area contributed by atoms with Gasteiger partial charge in [0.1, 0.15) is 0 Å². The van der Waals surface area contributed by atoms with E-state index in [2.05, 4.69) is 38.7 Å². The van der Waals surface area contributed by atoms with Gasteiger partial charge in [-0.25, -0.2) is 0 Å². The van der Waals surface area contributed by atoms with Gasteiger partial charge in [0.05, 0.1) is 12.2 Å². The summed E-state index contributed by atoms with van der Waals surface area (Å²) < 4.78 is 5.78. The molecule has 0 aliphatic carbocycles. The van der Waals surface area contributed by atoms with Crippen LogP contribution in [-0.4, -0.2) is 36.5 Å². The second kappa shape index (κ2) is 6.06. The second-order valence-electron chi connectivity index (χ2n) is 6.10. The molecule has 1 aliphatic heterocycles. The molecule has 2 atom stereocenters. The van der Waals surface area contributed by atoms with Crippen molar-refractivity contribution in [1.29, 1.82) is 0 Å². The van der Waals surface area contributed by atoms with Crippen molar-refractivity contribution in [3.63, 3.8) is 0 Å². The minimum Gasteiger partial charge on any atom is -0.373 e. The van der Waals surface area contributed by atoms with Crippen LogP contribution in [0.5, 0.6) is 0 Å². The molecule has 1 heterocycles. The Kier molecular flexibility index (Phi) is 4.61. The zero-order valence-corrected chi connectivity index (χ0v) is 13.2. The van der Waals surface area contributed by atoms with Crippen LogP contribution in [0.1, 0.15) is 46.5 Å². The summed E-state index contributed by atoms with van der Waals surface area (Å²) in [7, 11) is 0. The lowest BCUT2D eigenvalue weighted by Gasteiger charge is -2.36. The van der Waals surface area contributed by atoms with Crippen molar-refractivity contribution < 1.29 is 9.53 Å². The normalized spacial score (nSPS) is 23.9. The second-order valence-corrected chi connectivity index (χ2v) is 6.10. The SMILES string of the molecule is Cc1cc(C)c(CN2C[C@@H](C)O[C@@H](C)C2)c(C)c1C=O. The topological polar surface area (TPSA) is 29.5 Å². The van der Waals surface area contributed by atoms with E-state index < -0.39 is 0 Å². The van der Waals surface area contributed by atoms with E-state index in [-0.39, 0.29) is 12.2 Å². The third-order valence-electron chi connectivity index (χ3n) is 4.19. The predicted octanol–water partition coefficient (Wildman–Crippen LogP) is 3.03. The minimum absolute atomic E-state index is 0.273. The molecule has 2 rings (SSSR count). The highest BCUT2D eigenvalue weighted by Gasteiger charge is 2.23. The summed E-state index contributed by atoms with van der Waals surface area (Å²) in [6.45, 7) is 13.2. The van der Waals surface area contributed by atoms with E-state index >= 15 is 0 Å². The van der Waals surface area contributed by atoms with Crippen LogP contribution in [0.15, 0.2) is 6.07 Å². The van der Waals surface area contributed by atoms with E-state index in [0.29, 0.717) is 0 Å². The van der Waals surface area contributed by atoms with Gasteiger partial charge in [-0.3, -0.25) is 9.69 Å². The summed E-state index contributed by atoms with van der Waals surface area (Å²) in [4.78, 5) is 13.7. The maximum atomic E-state index is 11.3. The summed E-state index contributed by atoms with van der Waals surface area (Å²) in [5.74, 6) is 0. The van der Waals surface area contributed by atoms with Crippen LogP contribution in [0.3, 0.4) is 0 Å². The average Bonchev–Trinajstić information content (AvgIpc) is 2.33. The van der Waals surface area contributed by atoms with E-state index in [1.165, 1.54) is 11.1 Å². The van der Waals surface area contributed by atoms with Gasteiger partial charge in [-0.05, 0) is 56.9 Å². The lowest BCUT2D eigenvalue weighted by atomic mass is 9.93. The smallest absolute Gasteiger partial charge is 0.150 e. The number of carbonyl (C=O) groups excluding carboxylic acids is 1. The number of aldehydes is 1. The Labute approximate surface area is 121 Å². The molecule has 0 amide bonds. The molecular weight excluding hydrogens is 250 g/mol. The number of hydrogen-bond donors (Lipinski definition) is 0. The Balaban J connectivity index is 2.27. The predicted molar refractivity (Wildman–Crippen MR) is 81.3 cm³/mol. The van der Waals surface area contributed by atoms with Gasteiger partial charge >= 0.3 is 0 Å².